The highest BCUT2D eigenvalue weighted by atomic mass is 35.5. The summed E-state index contributed by atoms with van der Waals surface area (Å²) in [5.74, 6) is 1.85. The minimum atomic E-state index is -2.36. The maximum atomic E-state index is 9.97. The first-order valence-electron chi connectivity index (χ1n) is 9.67. The van der Waals surface area contributed by atoms with Gasteiger partial charge in [-0.2, -0.15) is 0 Å². The standard InChI is InChI=1S/C19H23ClO3/c1-22-18(12-3-4-15(20)16(21)7-12)17-13-5-11-6-14(17)10-19(8-11,9-13)23-2/h3-4,7,11,13-14,21H,5-6,8-10H2,1-2H3/i2D3. The number of methoxy groups -OCH3 is 2. The van der Waals surface area contributed by atoms with Gasteiger partial charge in [-0.1, -0.05) is 11.6 Å². The zero-order chi connectivity index (χ0) is 18.7. The second kappa shape index (κ2) is 5.42. The molecule has 4 fully saturated rings. The van der Waals surface area contributed by atoms with E-state index in [1.54, 1.807) is 19.2 Å². The molecule has 0 radical (unpaired) electrons. The summed E-state index contributed by atoms with van der Waals surface area (Å²) in [5.41, 5.74) is 1.52. The molecule has 0 amide bonds. The topological polar surface area (TPSA) is 38.7 Å². The van der Waals surface area contributed by atoms with Gasteiger partial charge in [0.1, 0.15) is 11.5 Å². The number of phenols is 1. The molecule has 4 saturated carbocycles. The number of phenolic OH excluding ortho intramolecular Hbond substituents is 1. The normalized spacial score (nSPS) is 37.2. The molecule has 4 bridgehead atoms. The maximum Gasteiger partial charge on any atom is 0.134 e. The van der Waals surface area contributed by atoms with Gasteiger partial charge in [0.25, 0.3) is 0 Å². The molecule has 2 atom stereocenters. The van der Waals surface area contributed by atoms with Crippen LogP contribution in [0.3, 0.4) is 0 Å². The molecule has 0 heterocycles. The van der Waals surface area contributed by atoms with Crippen LogP contribution in [0, 0.1) is 17.8 Å². The van der Waals surface area contributed by atoms with Crippen molar-refractivity contribution >= 4 is 17.4 Å². The van der Waals surface area contributed by atoms with Crippen molar-refractivity contribution in [2.75, 3.05) is 14.1 Å². The van der Waals surface area contributed by atoms with Crippen molar-refractivity contribution in [3.8, 4) is 5.75 Å². The van der Waals surface area contributed by atoms with E-state index in [-0.39, 0.29) is 17.6 Å². The first-order chi connectivity index (χ1) is 12.2. The van der Waals surface area contributed by atoms with E-state index in [0.717, 1.165) is 43.4 Å². The number of halogens is 1. The first-order valence-corrected chi connectivity index (χ1v) is 8.54. The summed E-state index contributed by atoms with van der Waals surface area (Å²) in [6.45, 7) is 0. The molecule has 1 N–H and O–H groups in total. The number of allylic oxidation sites excluding steroid dienone is 1. The van der Waals surface area contributed by atoms with Gasteiger partial charge in [-0.3, -0.25) is 0 Å². The van der Waals surface area contributed by atoms with E-state index >= 15 is 0 Å². The lowest BCUT2D eigenvalue weighted by Gasteiger charge is -2.57. The average molecular weight is 338 g/mol. The number of ether oxygens (including phenoxy) is 2. The Balaban J connectivity index is 1.72. The molecule has 4 aliphatic carbocycles. The van der Waals surface area contributed by atoms with Crippen LogP contribution >= 0.6 is 11.6 Å². The highest BCUT2D eigenvalue weighted by Gasteiger charge is 2.54. The number of benzene rings is 1. The van der Waals surface area contributed by atoms with Gasteiger partial charge in [0.05, 0.1) is 21.8 Å². The number of rotatable bonds is 3. The minimum Gasteiger partial charge on any atom is -0.506 e. The Labute approximate surface area is 146 Å². The number of aromatic hydroxyl groups is 1. The highest BCUT2D eigenvalue weighted by molar-refractivity contribution is 6.32. The van der Waals surface area contributed by atoms with E-state index in [4.69, 9.17) is 25.2 Å². The lowest BCUT2D eigenvalue weighted by molar-refractivity contribution is -0.125. The van der Waals surface area contributed by atoms with Crippen LogP contribution in [-0.4, -0.2) is 24.9 Å². The highest BCUT2D eigenvalue weighted by Crippen LogP contribution is 2.60. The van der Waals surface area contributed by atoms with Crippen molar-refractivity contribution in [2.24, 2.45) is 17.8 Å². The first kappa shape index (κ1) is 12.2. The van der Waals surface area contributed by atoms with Crippen molar-refractivity contribution in [3.63, 3.8) is 0 Å². The number of hydrogen-bond donors (Lipinski definition) is 1. The average Bonchev–Trinajstić information content (AvgIpc) is 2.51. The summed E-state index contributed by atoms with van der Waals surface area (Å²) in [6.07, 6.45) is 4.38. The molecule has 23 heavy (non-hydrogen) atoms. The molecule has 5 rings (SSSR count). The maximum absolute atomic E-state index is 9.97. The molecule has 4 aliphatic rings. The minimum absolute atomic E-state index is 0.0327. The number of hydrogen-bond acceptors (Lipinski definition) is 3. The third kappa shape index (κ3) is 2.36. The molecule has 2 unspecified atom stereocenters. The van der Waals surface area contributed by atoms with E-state index in [1.807, 2.05) is 6.07 Å². The zero-order valence-electron chi connectivity index (χ0n) is 16.1. The smallest absolute Gasteiger partial charge is 0.134 e. The van der Waals surface area contributed by atoms with Crippen LogP contribution in [-0.2, 0) is 9.47 Å². The van der Waals surface area contributed by atoms with Crippen molar-refractivity contribution in [1.29, 1.82) is 0 Å². The van der Waals surface area contributed by atoms with Gasteiger partial charge in [-0.15, -0.1) is 0 Å². The van der Waals surface area contributed by atoms with E-state index in [2.05, 4.69) is 0 Å². The monoisotopic (exact) mass is 337 g/mol. The molecular weight excluding hydrogens is 312 g/mol. The largest absolute Gasteiger partial charge is 0.506 e. The Morgan fingerprint density at radius 3 is 2.65 bits per heavy atom. The molecule has 0 aliphatic heterocycles. The Morgan fingerprint density at radius 1 is 1.30 bits per heavy atom. The van der Waals surface area contributed by atoms with Crippen LogP contribution in [0.15, 0.2) is 23.8 Å². The van der Waals surface area contributed by atoms with E-state index < -0.39 is 12.6 Å². The van der Waals surface area contributed by atoms with Crippen LogP contribution in [0.2, 0.25) is 5.02 Å². The summed E-state index contributed by atoms with van der Waals surface area (Å²) < 4.78 is 34.0. The van der Waals surface area contributed by atoms with Crippen LogP contribution in [0.1, 0.15) is 41.8 Å². The summed E-state index contributed by atoms with van der Waals surface area (Å²) in [4.78, 5) is 0. The van der Waals surface area contributed by atoms with Crippen molar-refractivity contribution in [3.05, 3.63) is 34.4 Å². The molecule has 0 saturated heterocycles. The van der Waals surface area contributed by atoms with Crippen LogP contribution in [0.5, 0.6) is 5.75 Å². The summed E-state index contributed by atoms with van der Waals surface area (Å²) in [7, 11) is -0.713. The Hall–Kier alpha value is -1.19. The predicted molar refractivity (Wildman–Crippen MR) is 90.3 cm³/mol. The van der Waals surface area contributed by atoms with Gasteiger partial charge in [0, 0.05) is 12.6 Å². The Morgan fingerprint density at radius 2 is 2.04 bits per heavy atom. The zero-order valence-corrected chi connectivity index (χ0v) is 13.9. The second-order valence-electron chi connectivity index (χ2n) is 7.28. The van der Waals surface area contributed by atoms with Gasteiger partial charge < -0.3 is 14.6 Å². The molecule has 1 aromatic rings. The Bertz CT molecular complexity index is 741. The van der Waals surface area contributed by atoms with Crippen LogP contribution < -0.4 is 0 Å². The van der Waals surface area contributed by atoms with Crippen molar-refractivity contribution in [1.82, 2.24) is 0 Å². The van der Waals surface area contributed by atoms with Crippen molar-refractivity contribution < 1.29 is 18.7 Å². The quantitative estimate of drug-likeness (QED) is 0.817. The van der Waals surface area contributed by atoms with Gasteiger partial charge in [0.15, 0.2) is 0 Å². The molecule has 3 nitrogen and oxygen atoms in total. The summed E-state index contributed by atoms with van der Waals surface area (Å²) >= 11 is 5.94. The SMILES string of the molecule is [2H]C([2H])([2H])OC12CC3CC(C1)C(=C(OC)c1ccc(Cl)c(O)c1)C(C3)C2. The molecule has 124 valence electrons. The fraction of sp³-hybridized carbons (Fsp3) is 0.579. The van der Waals surface area contributed by atoms with Crippen LogP contribution in [0.25, 0.3) is 5.76 Å². The molecule has 4 heteroatoms. The van der Waals surface area contributed by atoms with E-state index in [0.29, 0.717) is 10.9 Å². The fourth-order valence-corrected chi connectivity index (χ4v) is 5.39. The fourth-order valence-electron chi connectivity index (χ4n) is 5.27. The third-order valence-corrected chi connectivity index (χ3v) is 6.22. The third-order valence-electron chi connectivity index (χ3n) is 5.90. The van der Waals surface area contributed by atoms with E-state index in [1.165, 1.54) is 5.57 Å². The predicted octanol–water partition coefficient (Wildman–Crippen LogP) is 4.63. The molecule has 0 aromatic heterocycles. The second-order valence-corrected chi connectivity index (χ2v) is 7.69. The molecule has 0 spiro atoms. The summed E-state index contributed by atoms with van der Waals surface area (Å²) in [6, 6.07) is 5.16. The van der Waals surface area contributed by atoms with Crippen LogP contribution in [0.4, 0.5) is 0 Å². The van der Waals surface area contributed by atoms with E-state index in [9.17, 15) is 5.11 Å². The van der Waals surface area contributed by atoms with Gasteiger partial charge in [-0.25, -0.2) is 0 Å². The van der Waals surface area contributed by atoms with Gasteiger partial charge in [-0.05, 0) is 73.6 Å². The Kier molecular flexibility index (Phi) is 2.88. The molecular formula is C19H23ClO3. The lowest BCUT2D eigenvalue weighted by Crippen LogP contribution is -2.52. The lowest BCUT2D eigenvalue weighted by atomic mass is 9.52. The van der Waals surface area contributed by atoms with Gasteiger partial charge >= 0.3 is 0 Å². The van der Waals surface area contributed by atoms with Gasteiger partial charge in [0.2, 0.25) is 0 Å². The van der Waals surface area contributed by atoms with Crippen molar-refractivity contribution in [2.45, 2.75) is 37.7 Å². The summed E-state index contributed by atoms with van der Waals surface area (Å²) in [5, 5.41) is 10.3. The molecule has 1 aromatic carbocycles.